The third-order valence-corrected chi connectivity index (χ3v) is 5.96. The average molecular weight is 526 g/mol. The Morgan fingerprint density at radius 1 is 1.25 bits per heavy atom. The van der Waals surface area contributed by atoms with Crippen molar-refractivity contribution in [3.05, 3.63) is 56.4 Å². The minimum absolute atomic E-state index is 0.312. The number of rotatable bonds is 4. The van der Waals surface area contributed by atoms with Gasteiger partial charge in [0.15, 0.2) is 5.82 Å². The summed E-state index contributed by atoms with van der Waals surface area (Å²) in [5.41, 5.74) is 1.76. The van der Waals surface area contributed by atoms with Crippen molar-refractivity contribution in [1.29, 1.82) is 0 Å². The number of nitrogens with one attached hydrogen (secondary N) is 1. The number of ether oxygens (including phenoxy) is 1. The van der Waals surface area contributed by atoms with Crippen molar-refractivity contribution < 1.29 is 9.53 Å². The van der Waals surface area contributed by atoms with E-state index in [1.165, 1.54) is 11.3 Å². The molecule has 4 aromatic rings. The lowest BCUT2D eigenvalue weighted by molar-refractivity contribution is 0.102. The molecule has 0 bridgehead atoms. The number of carbonyl (C=O) groups is 1. The smallest absolute Gasteiger partial charge is 0.257 e. The van der Waals surface area contributed by atoms with Crippen LogP contribution in [-0.4, -0.2) is 32.8 Å². The van der Waals surface area contributed by atoms with Crippen LogP contribution in [-0.2, 0) is 0 Å². The lowest BCUT2D eigenvalue weighted by Crippen LogP contribution is -2.13. The SMILES string of the molecule is COc1ccc(-c2nn3c(C)nnc3s2)cc1NC(=O)c1cc(I)ccc1Cl. The van der Waals surface area contributed by atoms with Gasteiger partial charge >= 0.3 is 0 Å². The molecule has 2 heterocycles. The first-order valence-electron chi connectivity index (χ1n) is 8.10. The predicted molar refractivity (Wildman–Crippen MR) is 118 cm³/mol. The molecule has 1 N–H and O–H groups in total. The van der Waals surface area contributed by atoms with E-state index in [4.69, 9.17) is 16.3 Å². The Bertz CT molecular complexity index is 1210. The minimum atomic E-state index is -0.312. The second-order valence-corrected chi connectivity index (χ2v) is 8.45. The van der Waals surface area contributed by atoms with Crippen LogP contribution in [0.25, 0.3) is 15.5 Å². The second-order valence-electron chi connectivity index (χ2n) is 5.84. The summed E-state index contributed by atoms with van der Waals surface area (Å²) in [6.07, 6.45) is 0. The normalized spacial score (nSPS) is 11.0. The van der Waals surface area contributed by atoms with Gasteiger partial charge in [-0.25, -0.2) is 0 Å². The molecule has 0 aliphatic carbocycles. The van der Waals surface area contributed by atoms with Gasteiger partial charge in [-0.05, 0) is 65.9 Å². The standard InChI is InChI=1S/C18H13ClIN5O2S/c1-9-22-23-18-25(9)24-17(28-18)10-3-6-15(27-2)14(7-10)21-16(26)12-8-11(20)4-5-13(12)19/h3-8H,1-2H3,(H,21,26). The average Bonchev–Trinajstić information content (AvgIpc) is 3.26. The summed E-state index contributed by atoms with van der Waals surface area (Å²) in [6.45, 7) is 1.84. The number of anilines is 1. The molecule has 0 saturated carbocycles. The van der Waals surface area contributed by atoms with Crippen molar-refractivity contribution >= 4 is 62.1 Å². The summed E-state index contributed by atoms with van der Waals surface area (Å²) in [7, 11) is 1.55. The quantitative estimate of drug-likeness (QED) is 0.391. The van der Waals surface area contributed by atoms with Crippen LogP contribution in [0.3, 0.4) is 0 Å². The fourth-order valence-electron chi connectivity index (χ4n) is 2.63. The molecule has 2 aromatic heterocycles. The van der Waals surface area contributed by atoms with Crippen LogP contribution >= 0.6 is 45.5 Å². The zero-order valence-corrected chi connectivity index (χ0v) is 18.5. The van der Waals surface area contributed by atoms with Crippen molar-refractivity contribution in [3.8, 4) is 16.3 Å². The molecule has 10 heteroatoms. The van der Waals surface area contributed by atoms with E-state index in [0.717, 1.165) is 14.1 Å². The molecular formula is C18H13ClIN5O2S. The van der Waals surface area contributed by atoms with Gasteiger partial charge in [0.05, 0.1) is 23.4 Å². The summed E-state index contributed by atoms with van der Waals surface area (Å²) in [5.74, 6) is 0.943. The first-order chi connectivity index (χ1) is 13.5. The Morgan fingerprint density at radius 3 is 2.82 bits per heavy atom. The van der Waals surface area contributed by atoms with E-state index in [0.29, 0.717) is 32.8 Å². The Hall–Kier alpha value is -2.24. The van der Waals surface area contributed by atoms with Gasteiger partial charge in [0.25, 0.3) is 5.91 Å². The van der Waals surface area contributed by atoms with Gasteiger partial charge in [0.1, 0.15) is 10.8 Å². The van der Waals surface area contributed by atoms with Crippen LogP contribution < -0.4 is 10.1 Å². The van der Waals surface area contributed by atoms with E-state index < -0.39 is 0 Å². The number of aromatic nitrogens is 4. The minimum Gasteiger partial charge on any atom is -0.495 e. The van der Waals surface area contributed by atoms with Crippen LogP contribution in [0.5, 0.6) is 5.75 Å². The number of amides is 1. The number of methoxy groups -OCH3 is 1. The molecule has 0 atom stereocenters. The topological polar surface area (TPSA) is 81.4 Å². The summed E-state index contributed by atoms with van der Waals surface area (Å²) >= 11 is 9.74. The van der Waals surface area contributed by atoms with E-state index in [9.17, 15) is 4.79 Å². The molecule has 0 spiro atoms. The molecule has 0 aliphatic rings. The maximum absolute atomic E-state index is 12.8. The number of hydrogen-bond acceptors (Lipinski definition) is 6. The Labute approximate surface area is 182 Å². The monoisotopic (exact) mass is 525 g/mol. The third kappa shape index (κ3) is 3.56. The molecular weight excluding hydrogens is 513 g/mol. The summed E-state index contributed by atoms with van der Waals surface area (Å²) < 4.78 is 8.00. The summed E-state index contributed by atoms with van der Waals surface area (Å²) in [4.78, 5) is 13.5. The zero-order valence-electron chi connectivity index (χ0n) is 14.7. The largest absolute Gasteiger partial charge is 0.495 e. The van der Waals surface area contributed by atoms with Crippen LogP contribution in [0, 0.1) is 10.5 Å². The van der Waals surface area contributed by atoms with E-state index in [2.05, 4.69) is 43.2 Å². The number of nitrogens with zero attached hydrogens (tertiary/aromatic N) is 4. The fraction of sp³-hybridized carbons (Fsp3) is 0.111. The van der Waals surface area contributed by atoms with E-state index >= 15 is 0 Å². The highest BCUT2D eigenvalue weighted by molar-refractivity contribution is 14.1. The number of fused-ring (bicyclic) bond motifs is 1. The van der Waals surface area contributed by atoms with Gasteiger partial charge in [-0.3, -0.25) is 4.79 Å². The number of aryl methyl sites for hydroxylation is 1. The fourth-order valence-corrected chi connectivity index (χ4v) is 4.21. The van der Waals surface area contributed by atoms with Crippen molar-refractivity contribution in [3.63, 3.8) is 0 Å². The van der Waals surface area contributed by atoms with Gasteiger partial charge in [0, 0.05) is 9.13 Å². The molecule has 142 valence electrons. The van der Waals surface area contributed by atoms with Crippen LogP contribution in [0.4, 0.5) is 5.69 Å². The van der Waals surface area contributed by atoms with Gasteiger partial charge in [-0.1, -0.05) is 22.9 Å². The first kappa shape index (κ1) is 19.1. The molecule has 0 fully saturated rings. The molecule has 28 heavy (non-hydrogen) atoms. The number of halogens is 2. The summed E-state index contributed by atoms with van der Waals surface area (Å²) in [6, 6.07) is 10.8. The third-order valence-electron chi connectivity index (χ3n) is 4.01. The molecule has 0 radical (unpaired) electrons. The zero-order chi connectivity index (χ0) is 19.8. The van der Waals surface area contributed by atoms with Gasteiger partial charge in [-0.2, -0.15) is 9.61 Å². The maximum atomic E-state index is 12.8. The Balaban J connectivity index is 1.70. The molecule has 4 rings (SSSR count). The number of benzene rings is 2. The highest BCUT2D eigenvalue weighted by Crippen LogP contribution is 2.33. The van der Waals surface area contributed by atoms with Crippen LogP contribution in [0.2, 0.25) is 5.02 Å². The second kappa shape index (κ2) is 7.64. The van der Waals surface area contributed by atoms with Crippen molar-refractivity contribution in [2.45, 2.75) is 6.92 Å². The molecule has 7 nitrogen and oxygen atoms in total. The maximum Gasteiger partial charge on any atom is 0.257 e. The Kier molecular flexibility index (Phi) is 5.21. The van der Waals surface area contributed by atoms with E-state index in [1.807, 2.05) is 25.1 Å². The molecule has 1 amide bonds. The van der Waals surface area contributed by atoms with Crippen molar-refractivity contribution in [2.75, 3.05) is 12.4 Å². The molecule has 0 aliphatic heterocycles. The van der Waals surface area contributed by atoms with Crippen molar-refractivity contribution in [1.82, 2.24) is 19.8 Å². The lowest BCUT2D eigenvalue weighted by Gasteiger charge is -2.12. The number of hydrogen-bond donors (Lipinski definition) is 1. The van der Waals surface area contributed by atoms with E-state index in [-0.39, 0.29) is 5.91 Å². The number of carbonyl (C=O) groups excluding carboxylic acids is 1. The first-order valence-corrected chi connectivity index (χ1v) is 10.4. The summed E-state index contributed by atoms with van der Waals surface area (Å²) in [5, 5.41) is 16.7. The lowest BCUT2D eigenvalue weighted by atomic mass is 10.1. The Morgan fingerprint density at radius 2 is 2.07 bits per heavy atom. The highest BCUT2D eigenvalue weighted by Gasteiger charge is 2.16. The molecule has 2 aromatic carbocycles. The van der Waals surface area contributed by atoms with Gasteiger partial charge in [0.2, 0.25) is 4.96 Å². The van der Waals surface area contributed by atoms with Crippen LogP contribution in [0.1, 0.15) is 16.2 Å². The van der Waals surface area contributed by atoms with Crippen molar-refractivity contribution in [2.24, 2.45) is 0 Å². The predicted octanol–water partition coefficient (Wildman–Crippen LogP) is 4.68. The van der Waals surface area contributed by atoms with Gasteiger partial charge < -0.3 is 10.1 Å². The van der Waals surface area contributed by atoms with E-state index in [1.54, 1.807) is 29.8 Å². The van der Waals surface area contributed by atoms with Gasteiger partial charge in [-0.15, -0.1) is 10.2 Å². The van der Waals surface area contributed by atoms with Crippen LogP contribution in [0.15, 0.2) is 36.4 Å². The molecule has 0 unspecified atom stereocenters. The molecule has 0 saturated heterocycles. The highest BCUT2D eigenvalue weighted by atomic mass is 127.